The molecule has 6 nitrogen and oxygen atoms in total. The fourth-order valence-electron chi connectivity index (χ4n) is 2.10. The maximum Gasteiger partial charge on any atom is 0.265 e. The fraction of sp³-hybridized carbons (Fsp3) is 0.278. The van der Waals surface area contributed by atoms with Crippen molar-refractivity contribution in [2.45, 2.75) is 24.8 Å². The second-order valence-corrected chi connectivity index (χ2v) is 7.98. The summed E-state index contributed by atoms with van der Waals surface area (Å²) in [4.78, 5) is 12.4. The number of amides is 1. The lowest BCUT2D eigenvalue weighted by molar-refractivity contribution is -0.122. The van der Waals surface area contributed by atoms with Gasteiger partial charge in [0.25, 0.3) is 5.91 Å². The summed E-state index contributed by atoms with van der Waals surface area (Å²) in [7, 11) is -0.552. The summed E-state index contributed by atoms with van der Waals surface area (Å²) in [5, 5.41) is 2.72. The molecule has 134 valence electrons. The van der Waals surface area contributed by atoms with Crippen LogP contribution in [0.4, 0.5) is 5.69 Å². The van der Waals surface area contributed by atoms with Crippen LogP contribution in [0.15, 0.2) is 53.4 Å². The van der Waals surface area contributed by atoms with Crippen LogP contribution < -0.4 is 10.1 Å². The number of nitrogens with one attached hydrogen (secondary N) is 1. The van der Waals surface area contributed by atoms with Gasteiger partial charge in [-0.25, -0.2) is 12.7 Å². The Morgan fingerprint density at radius 1 is 1.08 bits per heavy atom. The van der Waals surface area contributed by atoms with E-state index in [0.29, 0.717) is 11.4 Å². The van der Waals surface area contributed by atoms with E-state index in [-0.39, 0.29) is 10.8 Å². The Kier molecular flexibility index (Phi) is 5.81. The van der Waals surface area contributed by atoms with Crippen LogP contribution in [-0.2, 0) is 14.8 Å². The Morgan fingerprint density at radius 3 is 2.24 bits per heavy atom. The Morgan fingerprint density at radius 2 is 1.68 bits per heavy atom. The van der Waals surface area contributed by atoms with E-state index >= 15 is 0 Å². The first-order valence-corrected chi connectivity index (χ1v) is 9.21. The molecule has 2 rings (SSSR count). The van der Waals surface area contributed by atoms with Crippen LogP contribution in [0, 0.1) is 6.92 Å². The zero-order chi connectivity index (χ0) is 18.6. The first kappa shape index (κ1) is 19.0. The van der Waals surface area contributed by atoms with Crippen molar-refractivity contribution in [3.8, 4) is 5.75 Å². The first-order valence-electron chi connectivity index (χ1n) is 7.77. The summed E-state index contributed by atoms with van der Waals surface area (Å²) in [6.45, 7) is 3.57. The van der Waals surface area contributed by atoms with Crippen molar-refractivity contribution in [3.05, 3.63) is 54.1 Å². The number of rotatable bonds is 6. The Labute approximate surface area is 148 Å². The molecule has 0 aliphatic carbocycles. The van der Waals surface area contributed by atoms with Gasteiger partial charge < -0.3 is 10.1 Å². The second kappa shape index (κ2) is 7.67. The molecular formula is C18H22N2O4S. The highest BCUT2D eigenvalue weighted by atomic mass is 32.2. The molecule has 7 heteroatoms. The van der Waals surface area contributed by atoms with Crippen molar-refractivity contribution in [1.82, 2.24) is 4.31 Å². The molecule has 0 fully saturated rings. The molecule has 0 aromatic heterocycles. The van der Waals surface area contributed by atoms with Gasteiger partial charge in [0, 0.05) is 19.8 Å². The molecule has 1 N–H and O–H groups in total. The molecule has 0 unspecified atom stereocenters. The van der Waals surface area contributed by atoms with E-state index < -0.39 is 16.1 Å². The van der Waals surface area contributed by atoms with Gasteiger partial charge in [-0.2, -0.15) is 0 Å². The SMILES string of the molecule is Cc1ccccc1O[C@H](C)C(=O)Nc1ccc(S(=O)(=O)N(C)C)cc1. The number of para-hydroxylation sites is 1. The summed E-state index contributed by atoms with van der Waals surface area (Å²) >= 11 is 0. The molecule has 0 bridgehead atoms. The number of aryl methyl sites for hydroxylation is 1. The minimum atomic E-state index is -3.49. The number of ether oxygens (including phenoxy) is 1. The molecule has 25 heavy (non-hydrogen) atoms. The second-order valence-electron chi connectivity index (χ2n) is 5.83. The van der Waals surface area contributed by atoms with Crippen LogP contribution >= 0.6 is 0 Å². The van der Waals surface area contributed by atoms with Gasteiger partial charge in [-0.1, -0.05) is 18.2 Å². The van der Waals surface area contributed by atoms with Gasteiger partial charge in [0.15, 0.2) is 6.10 Å². The van der Waals surface area contributed by atoms with Gasteiger partial charge in [-0.15, -0.1) is 0 Å². The van der Waals surface area contributed by atoms with Gasteiger partial charge in [0.1, 0.15) is 5.75 Å². The summed E-state index contributed by atoms with van der Waals surface area (Å²) in [5.74, 6) is 0.337. The van der Waals surface area contributed by atoms with Gasteiger partial charge >= 0.3 is 0 Å². The topological polar surface area (TPSA) is 75.7 Å². The lowest BCUT2D eigenvalue weighted by Crippen LogP contribution is -2.30. The van der Waals surface area contributed by atoms with Gasteiger partial charge in [0.2, 0.25) is 10.0 Å². The van der Waals surface area contributed by atoms with Crippen molar-refractivity contribution in [1.29, 1.82) is 0 Å². The van der Waals surface area contributed by atoms with Crippen molar-refractivity contribution in [2.24, 2.45) is 0 Å². The maximum atomic E-state index is 12.3. The monoisotopic (exact) mass is 362 g/mol. The summed E-state index contributed by atoms with van der Waals surface area (Å²) < 4.78 is 30.9. The molecule has 0 aliphatic rings. The maximum absolute atomic E-state index is 12.3. The van der Waals surface area contributed by atoms with Crippen molar-refractivity contribution in [2.75, 3.05) is 19.4 Å². The van der Waals surface area contributed by atoms with E-state index in [2.05, 4.69) is 5.32 Å². The van der Waals surface area contributed by atoms with Crippen molar-refractivity contribution < 1.29 is 17.9 Å². The standard InChI is InChI=1S/C18H22N2O4S/c1-13-7-5-6-8-17(13)24-14(2)18(21)19-15-9-11-16(12-10-15)25(22,23)20(3)4/h5-12,14H,1-4H3,(H,19,21)/t14-/m1/s1. The van der Waals surface area contributed by atoms with Gasteiger partial charge in [-0.05, 0) is 49.7 Å². The highest BCUT2D eigenvalue weighted by molar-refractivity contribution is 7.89. The van der Waals surface area contributed by atoms with Crippen molar-refractivity contribution in [3.63, 3.8) is 0 Å². The smallest absolute Gasteiger partial charge is 0.265 e. The van der Waals surface area contributed by atoms with Gasteiger partial charge in [0.05, 0.1) is 4.90 Å². The highest BCUT2D eigenvalue weighted by Gasteiger charge is 2.18. The first-order chi connectivity index (χ1) is 11.7. The Balaban J connectivity index is 2.04. The van der Waals surface area contributed by atoms with E-state index in [0.717, 1.165) is 9.87 Å². The number of hydrogen-bond acceptors (Lipinski definition) is 4. The van der Waals surface area contributed by atoms with E-state index in [1.54, 1.807) is 25.1 Å². The molecule has 0 heterocycles. The molecule has 0 radical (unpaired) electrons. The largest absolute Gasteiger partial charge is 0.481 e. The van der Waals surface area contributed by atoms with E-state index in [9.17, 15) is 13.2 Å². The Bertz CT molecular complexity index is 846. The Hall–Kier alpha value is -2.38. The third-order valence-corrected chi connectivity index (χ3v) is 5.50. The van der Waals surface area contributed by atoms with E-state index in [1.165, 1.54) is 26.2 Å². The molecular weight excluding hydrogens is 340 g/mol. The quantitative estimate of drug-likeness (QED) is 0.857. The average Bonchev–Trinajstić information content (AvgIpc) is 2.57. The third kappa shape index (κ3) is 4.58. The van der Waals surface area contributed by atoms with Crippen LogP contribution in [0.1, 0.15) is 12.5 Å². The van der Waals surface area contributed by atoms with Crippen molar-refractivity contribution >= 4 is 21.6 Å². The molecule has 2 aromatic carbocycles. The molecule has 2 aromatic rings. The average molecular weight is 362 g/mol. The predicted molar refractivity (Wildman–Crippen MR) is 97.2 cm³/mol. The lowest BCUT2D eigenvalue weighted by atomic mass is 10.2. The molecule has 0 saturated heterocycles. The van der Waals surface area contributed by atoms with E-state index in [4.69, 9.17) is 4.74 Å². The normalized spacial score (nSPS) is 12.7. The van der Waals surface area contributed by atoms with Crippen LogP contribution in [0.3, 0.4) is 0 Å². The molecule has 1 atom stereocenters. The highest BCUT2D eigenvalue weighted by Crippen LogP contribution is 2.19. The summed E-state index contributed by atoms with van der Waals surface area (Å²) in [6, 6.07) is 13.5. The zero-order valence-corrected chi connectivity index (χ0v) is 15.5. The van der Waals surface area contributed by atoms with E-state index in [1.807, 2.05) is 25.1 Å². The number of benzene rings is 2. The van der Waals surface area contributed by atoms with Crippen LogP contribution in [0.2, 0.25) is 0 Å². The number of nitrogens with zero attached hydrogens (tertiary/aromatic N) is 1. The predicted octanol–water partition coefficient (Wildman–Crippen LogP) is 2.65. The minimum Gasteiger partial charge on any atom is -0.481 e. The summed E-state index contributed by atoms with van der Waals surface area (Å²) in [5.41, 5.74) is 1.45. The third-order valence-electron chi connectivity index (χ3n) is 3.67. The molecule has 0 aliphatic heterocycles. The van der Waals surface area contributed by atoms with Crippen LogP contribution in [0.5, 0.6) is 5.75 Å². The number of hydrogen-bond donors (Lipinski definition) is 1. The molecule has 0 saturated carbocycles. The molecule has 1 amide bonds. The minimum absolute atomic E-state index is 0.166. The number of sulfonamides is 1. The number of anilines is 1. The van der Waals surface area contributed by atoms with Crippen LogP contribution in [0.25, 0.3) is 0 Å². The van der Waals surface area contributed by atoms with Gasteiger partial charge in [-0.3, -0.25) is 4.79 Å². The number of carbonyl (C=O) groups excluding carboxylic acids is 1. The number of carbonyl (C=O) groups is 1. The zero-order valence-electron chi connectivity index (χ0n) is 14.7. The van der Waals surface area contributed by atoms with Crippen LogP contribution in [-0.4, -0.2) is 38.8 Å². The lowest BCUT2D eigenvalue weighted by Gasteiger charge is -2.16. The molecule has 0 spiro atoms. The fourth-order valence-corrected chi connectivity index (χ4v) is 3.00. The summed E-state index contributed by atoms with van der Waals surface area (Å²) in [6.07, 6.45) is -0.689.